The lowest BCUT2D eigenvalue weighted by Gasteiger charge is -2.05. The molecule has 1 aromatic heterocycles. The Morgan fingerprint density at radius 2 is 2.04 bits per heavy atom. The van der Waals surface area contributed by atoms with Crippen LogP contribution in [0.25, 0.3) is 0 Å². The molecule has 0 fully saturated rings. The van der Waals surface area contributed by atoms with Crippen molar-refractivity contribution >= 4 is 27.7 Å². The zero-order valence-electron chi connectivity index (χ0n) is 13.4. The predicted octanol–water partition coefficient (Wildman–Crippen LogP) is 3.81. The summed E-state index contributed by atoms with van der Waals surface area (Å²) in [4.78, 5) is 12.5. The van der Waals surface area contributed by atoms with E-state index in [9.17, 15) is 9.18 Å². The quantitative estimate of drug-likeness (QED) is 0.700. The molecule has 2 heterocycles. The molecule has 1 amide bonds. The second-order valence-electron chi connectivity index (χ2n) is 5.64. The molecule has 1 aliphatic heterocycles. The summed E-state index contributed by atoms with van der Waals surface area (Å²) in [7, 11) is 0. The zero-order valence-corrected chi connectivity index (χ0v) is 15.0. The maximum atomic E-state index is 13.8. The highest BCUT2D eigenvalue weighted by Crippen LogP contribution is 2.32. The number of halogens is 2. The number of aromatic nitrogens is 2. The summed E-state index contributed by atoms with van der Waals surface area (Å²) in [6.07, 6.45) is 1.68. The number of hydrogen-bond acceptors (Lipinski definition) is 4. The number of carbonyl (C=O) groups is 1. The molecule has 2 aromatic carbocycles. The van der Waals surface area contributed by atoms with Gasteiger partial charge in [0, 0.05) is 17.3 Å². The van der Waals surface area contributed by atoms with Crippen molar-refractivity contribution in [2.45, 2.75) is 6.54 Å². The van der Waals surface area contributed by atoms with Gasteiger partial charge in [0.25, 0.3) is 5.91 Å². The van der Waals surface area contributed by atoms with Crippen molar-refractivity contribution in [1.82, 2.24) is 9.78 Å². The number of hydrogen-bond donors (Lipinski definition) is 1. The van der Waals surface area contributed by atoms with Crippen molar-refractivity contribution in [3.05, 3.63) is 70.1 Å². The van der Waals surface area contributed by atoms with Gasteiger partial charge in [0.2, 0.25) is 6.79 Å². The first-order valence-electron chi connectivity index (χ1n) is 7.77. The molecular formula is C18H13BrFN3O3. The summed E-state index contributed by atoms with van der Waals surface area (Å²) < 4.78 is 26.4. The van der Waals surface area contributed by atoms with Crippen molar-refractivity contribution in [2.75, 3.05) is 12.1 Å². The Kier molecular flexibility index (Phi) is 4.34. The van der Waals surface area contributed by atoms with E-state index in [-0.39, 0.29) is 25.1 Å². The van der Waals surface area contributed by atoms with Crippen LogP contribution in [0.3, 0.4) is 0 Å². The Morgan fingerprint density at radius 3 is 2.88 bits per heavy atom. The molecule has 3 aromatic rings. The third kappa shape index (κ3) is 3.28. The van der Waals surface area contributed by atoms with E-state index in [1.54, 1.807) is 47.3 Å². The summed E-state index contributed by atoms with van der Waals surface area (Å²) in [5.74, 6) is 0.855. The lowest BCUT2D eigenvalue weighted by atomic mass is 10.2. The van der Waals surface area contributed by atoms with Gasteiger partial charge in [0.05, 0.1) is 11.0 Å². The monoisotopic (exact) mass is 417 g/mol. The van der Waals surface area contributed by atoms with E-state index < -0.39 is 0 Å². The molecule has 132 valence electrons. The molecule has 4 rings (SSSR count). The lowest BCUT2D eigenvalue weighted by Crippen LogP contribution is -2.13. The average molecular weight is 418 g/mol. The highest BCUT2D eigenvalue weighted by atomic mass is 79.9. The summed E-state index contributed by atoms with van der Waals surface area (Å²) in [5, 5.41) is 7.03. The fourth-order valence-corrected chi connectivity index (χ4v) is 3.00. The van der Waals surface area contributed by atoms with Crippen LogP contribution in [-0.2, 0) is 6.54 Å². The third-order valence-electron chi connectivity index (χ3n) is 3.87. The van der Waals surface area contributed by atoms with Crippen molar-refractivity contribution < 1.29 is 18.7 Å². The van der Waals surface area contributed by atoms with E-state index in [2.05, 4.69) is 26.3 Å². The Labute approximate surface area is 156 Å². The summed E-state index contributed by atoms with van der Waals surface area (Å²) in [5.41, 5.74) is 0.931. The van der Waals surface area contributed by atoms with Gasteiger partial charge in [-0.1, -0.05) is 18.2 Å². The van der Waals surface area contributed by atoms with Crippen LogP contribution in [0.2, 0.25) is 0 Å². The van der Waals surface area contributed by atoms with E-state index in [0.717, 1.165) is 0 Å². The molecule has 8 heteroatoms. The van der Waals surface area contributed by atoms with E-state index in [0.29, 0.717) is 32.9 Å². The minimum atomic E-state index is -0.333. The number of fused-ring (bicyclic) bond motifs is 1. The molecule has 0 saturated heterocycles. The van der Waals surface area contributed by atoms with Crippen molar-refractivity contribution in [2.24, 2.45) is 0 Å². The second kappa shape index (κ2) is 6.80. The molecule has 1 N–H and O–H groups in total. The number of ether oxygens (including phenoxy) is 2. The fourth-order valence-electron chi connectivity index (χ4n) is 2.58. The largest absolute Gasteiger partial charge is 0.454 e. The van der Waals surface area contributed by atoms with Crippen LogP contribution in [-0.4, -0.2) is 22.5 Å². The first-order valence-corrected chi connectivity index (χ1v) is 8.57. The summed E-state index contributed by atoms with van der Waals surface area (Å²) >= 11 is 3.36. The van der Waals surface area contributed by atoms with Gasteiger partial charge < -0.3 is 14.8 Å². The van der Waals surface area contributed by atoms with Gasteiger partial charge in [0.1, 0.15) is 5.82 Å². The van der Waals surface area contributed by atoms with Gasteiger partial charge in [-0.3, -0.25) is 9.48 Å². The molecule has 0 radical (unpaired) electrons. The van der Waals surface area contributed by atoms with Crippen molar-refractivity contribution in [1.29, 1.82) is 0 Å². The maximum absolute atomic E-state index is 13.8. The minimum Gasteiger partial charge on any atom is -0.454 e. The molecule has 1 aliphatic rings. The van der Waals surface area contributed by atoms with Crippen LogP contribution in [0.5, 0.6) is 11.5 Å². The van der Waals surface area contributed by atoms with Gasteiger partial charge in [-0.15, -0.1) is 0 Å². The molecule has 0 unspecified atom stereocenters. The standard InChI is InChI=1S/C18H13BrFN3O3/c19-13-9-23(8-12-3-1-2-4-14(12)20)22-17(13)21-18(24)11-5-6-15-16(7-11)26-10-25-15/h1-7,9H,8,10H2,(H,21,22,24). The molecule has 0 spiro atoms. The normalized spacial score (nSPS) is 12.2. The number of carbonyl (C=O) groups excluding carboxylic acids is 1. The number of benzene rings is 2. The van der Waals surface area contributed by atoms with Crippen LogP contribution in [0.1, 0.15) is 15.9 Å². The van der Waals surface area contributed by atoms with Gasteiger partial charge >= 0.3 is 0 Å². The molecular weight excluding hydrogens is 405 g/mol. The van der Waals surface area contributed by atoms with Gasteiger partial charge in [-0.2, -0.15) is 5.10 Å². The van der Waals surface area contributed by atoms with Crippen LogP contribution in [0.4, 0.5) is 10.2 Å². The fraction of sp³-hybridized carbons (Fsp3) is 0.111. The summed E-state index contributed by atoms with van der Waals surface area (Å²) in [6.45, 7) is 0.400. The minimum absolute atomic E-state index is 0.145. The second-order valence-corrected chi connectivity index (χ2v) is 6.49. The Balaban J connectivity index is 1.51. The van der Waals surface area contributed by atoms with Crippen LogP contribution < -0.4 is 14.8 Å². The number of nitrogens with zero attached hydrogens (tertiary/aromatic N) is 2. The van der Waals surface area contributed by atoms with Gasteiger partial charge in [-0.25, -0.2) is 4.39 Å². The molecule has 0 atom stereocenters. The van der Waals surface area contributed by atoms with E-state index >= 15 is 0 Å². The Morgan fingerprint density at radius 1 is 1.23 bits per heavy atom. The zero-order chi connectivity index (χ0) is 18.1. The number of anilines is 1. The first-order chi connectivity index (χ1) is 12.6. The van der Waals surface area contributed by atoms with E-state index in [4.69, 9.17) is 9.47 Å². The SMILES string of the molecule is O=C(Nc1nn(Cc2ccccc2F)cc1Br)c1ccc2c(c1)OCO2. The van der Waals surface area contributed by atoms with Crippen LogP contribution in [0, 0.1) is 5.82 Å². The van der Waals surface area contributed by atoms with Crippen LogP contribution >= 0.6 is 15.9 Å². The first kappa shape index (κ1) is 16.6. The van der Waals surface area contributed by atoms with Gasteiger partial charge in [-0.05, 0) is 40.2 Å². The highest BCUT2D eigenvalue weighted by molar-refractivity contribution is 9.10. The van der Waals surface area contributed by atoms with E-state index in [1.165, 1.54) is 6.07 Å². The topological polar surface area (TPSA) is 65.4 Å². The molecule has 6 nitrogen and oxygen atoms in total. The molecule has 0 aliphatic carbocycles. The number of nitrogens with one attached hydrogen (secondary N) is 1. The number of rotatable bonds is 4. The average Bonchev–Trinajstić information content (AvgIpc) is 3.23. The maximum Gasteiger partial charge on any atom is 0.257 e. The number of amides is 1. The van der Waals surface area contributed by atoms with Crippen LogP contribution in [0.15, 0.2) is 53.1 Å². The van der Waals surface area contributed by atoms with Gasteiger partial charge in [0.15, 0.2) is 17.3 Å². The van der Waals surface area contributed by atoms with Crippen molar-refractivity contribution in [3.63, 3.8) is 0 Å². The Bertz CT molecular complexity index is 990. The summed E-state index contributed by atoms with van der Waals surface area (Å²) in [6, 6.07) is 11.4. The lowest BCUT2D eigenvalue weighted by molar-refractivity contribution is 0.102. The third-order valence-corrected chi connectivity index (χ3v) is 4.45. The smallest absolute Gasteiger partial charge is 0.257 e. The Hall–Kier alpha value is -2.87. The van der Waals surface area contributed by atoms with E-state index in [1.807, 2.05) is 0 Å². The predicted molar refractivity (Wildman–Crippen MR) is 95.9 cm³/mol. The molecule has 0 saturated carbocycles. The van der Waals surface area contributed by atoms with Crippen molar-refractivity contribution in [3.8, 4) is 11.5 Å². The molecule has 0 bridgehead atoms. The molecule has 26 heavy (non-hydrogen) atoms. The highest BCUT2D eigenvalue weighted by Gasteiger charge is 2.18.